The highest BCUT2D eigenvalue weighted by atomic mass is 16.7. The van der Waals surface area contributed by atoms with E-state index >= 15 is 0 Å². The van der Waals surface area contributed by atoms with Crippen molar-refractivity contribution >= 4 is 5.97 Å². The fourth-order valence-corrected chi connectivity index (χ4v) is 1.96. The van der Waals surface area contributed by atoms with Gasteiger partial charge in [-0.3, -0.25) is 4.79 Å². The summed E-state index contributed by atoms with van der Waals surface area (Å²) >= 11 is 0. The lowest BCUT2D eigenvalue weighted by atomic mass is 9.91. The van der Waals surface area contributed by atoms with E-state index in [1.54, 1.807) is 32.9 Å². The van der Waals surface area contributed by atoms with Crippen LogP contribution in [0.4, 0.5) is 0 Å². The molecule has 166 valence electrons. The number of hydrogen-bond donors (Lipinski definition) is 0. The molecule has 0 N–H and O–H groups in total. The van der Waals surface area contributed by atoms with E-state index in [2.05, 4.69) is 0 Å². The molecule has 29 heavy (non-hydrogen) atoms. The van der Waals surface area contributed by atoms with Crippen molar-refractivity contribution in [2.24, 2.45) is 5.41 Å². The number of rotatable bonds is 12. The Balaban J connectivity index is 3.44. The molecule has 0 radical (unpaired) electrons. The first kappa shape index (κ1) is 25.0. The van der Waals surface area contributed by atoms with Crippen LogP contribution in [0.25, 0.3) is 0 Å². The monoisotopic (exact) mass is 414 g/mol. The van der Waals surface area contributed by atoms with Crippen molar-refractivity contribution in [3.63, 3.8) is 0 Å². The molecule has 8 nitrogen and oxygen atoms in total. The second-order valence-corrected chi connectivity index (χ2v) is 7.14. The Hall–Kier alpha value is -2.03. The maximum Gasteiger partial charge on any atom is 0.316 e. The Bertz CT molecular complexity index is 625. The van der Waals surface area contributed by atoms with Gasteiger partial charge in [0.2, 0.25) is 5.75 Å². The van der Waals surface area contributed by atoms with E-state index in [9.17, 15) is 4.79 Å². The van der Waals surface area contributed by atoms with Crippen LogP contribution in [-0.4, -0.2) is 46.2 Å². The molecule has 1 aromatic rings. The van der Waals surface area contributed by atoms with Crippen LogP contribution in [0.1, 0.15) is 48.0 Å². The molecule has 0 saturated heterocycles. The summed E-state index contributed by atoms with van der Waals surface area (Å²) in [4.78, 5) is 12.5. The fourth-order valence-electron chi connectivity index (χ4n) is 1.96. The number of carbonyl (C=O) groups excluding carboxylic acids is 1. The van der Waals surface area contributed by atoms with Crippen molar-refractivity contribution in [3.8, 4) is 23.0 Å². The molecule has 1 aromatic carbocycles. The minimum atomic E-state index is -0.637. The molecule has 0 bridgehead atoms. The Labute approximate surface area is 173 Å². The summed E-state index contributed by atoms with van der Waals surface area (Å²) in [5.41, 5.74) is -0.637. The first-order valence-corrected chi connectivity index (χ1v) is 9.56. The minimum Gasteiger partial charge on any atom is -0.461 e. The van der Waals surface area contributed by atoms with Crippen LogP contribution < -0.4 is 18.9 Å². The van der Waals surface area contributed by atoms with Crippen LogP contribution in [0, 0.1) is 5.41 Å². The van der Waals surface area contributed by atoms with Gasteiger partial charge in [0.1, 0.15) is 5.75 Å². The zero-order valence-electron chi connectivity index (χ0n) is 18.9. The number of hydrogen-bond acceptors (Lipinski definition) is 8. The number of esters is 1. The van der Waals surface area contributed by atoms with Gasteiger partial charge >= 0.3 is 5.97 Å². The van der Waals surface area contributed by atoms with E-state index in [1.165, 1.54) is 21.3 Å². The maximum absolute atomic E-state index is 12.5. The van der Waals surface area contributed by atoms with Gasteiger partial charge in [-0.1, -0.05) is 6.92 Å². The Kier molecular flexibility index (Phi) is 9.68. The number of methoxy groups -OCH3 is 3. The molecule has 3 unspecified atom stereocenters. The highest BCUT2D eigenvalue weighted by Crippen LogP contribution is 2.43. The predicted molar refractivity (Wildman–Crippen MR) is 107 cm³/mol. The van der Waals surface area contributed by atoms with E-state index in [-0.39, 0.29) is 29.0 Å². The van der Waals surface area contributed by atoms with E-state index in [4.69, 9.17) is 33.2 Å². The normalized spacial score (nSPS) is 14.7. The van der Waals surface area contributed by atoms with Gasteiger partial charge in [0.15, 0.2) is 30.4 Å². The third kappa shape index (κ3) is 7.38. The first-order chi connectivity index (χ1) is 13.6. The highest BCUT2D eigenvalue weighted by molar-refractivity contribution is 5.78. The van der Waals surface area contributed by atoms with Gasteiger partial charge < -0.3 is 33.2 Å². The molecule has 0 amide bonds. The SMILES string of the molecule is CCC(C)(C)C(=O)Oc1cc(OC(C)OC)c(OC(C)OC)c(OC(C)OC)c1. The predicted octanol–water partition coefficient (Wildman–Crippen LogP) is 4.14. The number of ether oxygens (including phenoxy) is 7. The van der Waals surface area contributed by atoms with Gasteiger partial charge in [-0.25, -0.2) is 0 Å². The van der Waals surface area contributed by atoms with Gasteiger partial charge in [-0.2, -0.15) is 0 Å². The van der Waals surface area contributed by atoms with Gasteiger partial charge in [0.05, 0.1) is 5.41 Å². The summed E-state index contributed by atoms with van der Waals surface area (Å²) < 4.78 is 38.7. The third-order valence-electron chi connectivity index (χ3n) is 4.51. The van der Waals surface area contributed by atoms with Gasteiger partial charge in [0, 0.05) is 33.5 Å². The summed E-state index contributed by atoms with van der Waals surface area (Å²) in [6.07, 6.45) is -1.11. The average Bonchev–Trinajstić information content (AvgIpc) is 2.69. The zero-order chi connectivity index (χ0) is 22.2. The minimum absolute atomic E-state index is 0.255. The molecule has 8 heteroatoms. The third-order valence-corrected chi connectivity index (χ3v) is 4.51. The molecule has 0 aliphatic rings. The lowest BCUT2D eigenvalue weighted by molar-refractivity contribution is -0.144. The highest BCUT2D eigenvalue weighted by Gasteiger charge is 2.29. The summed E-state index contributed by atoms with van der Waals surface area (Å²) in [6, 6.07) is 3.11. The van der Waals surface area contributed by atoms with Crippen molar-refractivity contribution in [1.82, 2.24) is 0 Å². The molecule has 0 fully saturated rings. The van der Waals surface area contributed by atoms with Crippen molar-refractivity contribution in [1.29, 1.82) is 0 Å². The van der Waals surface area contributed by atoms with E-state index in [1.807, 2.05) is 20.8 Å². The quantitative estimate of drug-likeness (QED) is 0.287. The summed E-state index contributed by atoms with van der Waals surface area (Å²) in [5.74, 6) is 0.727. The van der Waals surface area contributed by atoms with Crippen molar-refractivity contribution < 1.29 is 38.0 Å². The Morgan fingerprint density at radius 3 is 1.66 bits per heavy atom. The number of benzene rings is 1. The van der Waals surface area contributed by atoms with Crippen molar-refractivity contribution in [2.75, 3.05) is 21.3 Å². The van der Waals surface area contributed by atoms with Crippen LogP contribution in [0.5, 0.6) is 23.0 Å². The topological polar surface area (TPSA) is 81.7 Å². The van der Waals surface area contributed by atoms with Crippen LogP contribution in [-0.2, 0) is 19.0 Å². The second kappa shape index (κ2) is 11.2. The summed E-state index contributed by atoms with van der Waals surface area (Å²) in [7, 11) is 4.55. The van der Waals surface area contributed by atoms with Gasteiger partial charge in [0.25, 0.3) is 0 Å². The van der Waals surface area contributed by atoms with Crippen LogP contribution in [0.2, 0.25) is 0 Å². The summed E-state index contributed by atoms with van der Waals surface area (Å²) in [5, 5.41) is 0. The molecule has 1 rings (SSSR count). The molecule has 0 spiro atoms. The van der Waals surface area contributed by atoms with Crippen molar-refractivity contribution in [3.05, 3.63) is 12.1 Å². The molecule has 0 aliphatic heterocycles. The van der Waals surface area contributed by atoms with Gasteiger partial charge in [-0.15, -0.1) is 0 Å². The molecule has 0 saturated carbocycles. The smallest absolute Gasteiger partial charge is 0.316 e. The largest absolute Gasteiger partial charge is 0.461 e. The van der Waals surface area contributed by atoms with Crippen LogP contribution in [0.15, 0.2) is 12.1 Å². The molecular weight excluding hydrogens is 380 g/mol. The standard InChI is InChI=1S/C21H34O8/c1-10-21(5,6)20(22)29-16-11-17(26-13(2)23-7)19(28-15(4)25-9)18(12-16)27-14(3)24-8/h11-15H,10H2,1-9H3. The van der Waals surface area contributed by atoms with Crippen molar-refractivity contribution in [2.45, 2.75) is 66.8 Å². The lowest BCUT2D eigenvalue weighted by Crippen LogP contribution is -2.28. The number of carbonyl (C=O) groups is 1. The molecule has 0 aliphatic carbocycles. The average molecular weight is 414 g/mol. The maximum atomic E-state index is 12.5. The van der Waals surface area contributed by atoms with Gasteiger partial charge in [-0.05, 0) is 41.0 Å². The Morgan fingerprint density at radius 2 is 1.28 bits per heavy atom. The van der Waals surface area contributed by atoms with E-state index in [0.717, 1.165) is 0 Å². The van der Waals surface area contributed by atoms with Crippen LogP contribution in [0.3, 0.4) is 0 Å². The molecule has 0 aromatic heterocycles. The second-order valence-electron chi connectivity index (χ2n) is 7.14. The first-order valence-electron chi connectivity index (χ1n) is 9.56. The van der Waals surface area contributed by atoms with Crippen LogP contribution >= 0.6 is 0 Å². The molecule has 3 atom stereocenters. The Morgan fingerprint density at radius 1 is 0.862 bits per heavy atom. The van der Waals surface area contributed by atoms with E-state index in [0.29, 0.717) is 6.42 Å². The fraction of sp³-hybridized carbons (Fsp3) is 0.667. The zero-order valence-corrected chi connectivity index (χ0v) is 18.9. The molecular formula is C21H34O8. The lowest BCUT2D eigenvalue weighted by Gasteiger charge is -2.24. The van der Waals surface area contributed by atoms with E-state index < -0.39 is 24.3 Å². The summed E-state index contributed by atoms with van der Waals surface area (Å²) in [6.45, 7) is 10.7. The molecule has 0 heterocycles.